The van der Waals surface area contributed by atoms with Gasteiger partial charge >= 0.3 is 0 Å². The Labute approximate surface area is 120 Å². The second-order valence-corrected chi connectivity index (χ2v) is 4.72. The summed E-state index contributed by atoms with van der Waals surface area (Å²) in [5.41, 5.74) is 9.13. The highest BCUT2D eigenvalue weighted by molar-refractivity contribution is 5.60. The SMILES string of the molecule is Nc1ccc2nnc(-c3cnn(-c4ccccc4)c3)n2c1. The van der Waals surface area contributed by atoms with Gasteiger partial charge < -0.3 is 5.73 Å². The first kappa shape index (κ1) is 11.7. The summed E-state index contributed by atoms with van der Waals surface area (Å²) in [6.45, 7) is 0. The zero-order valence-electron chi connectivity index (χ0n) is 11.1. The normalized spacial score (nSPS) is 11.0. The highest BCUT2D eigenvalue weighted by atomic mass is 15.3. The molecular formula is C15H12N6. The molecule has 0 spiro atoms. The van der Waals surface area contributed by atoms with Crippen LogP contribution < -0.4 is 5.73 Å². The van der Waals surface area contributed by atoms with Crippen molar-refractivity contribution in [2.45, 2.75) is 0 Å². The Hall–Kier alpha value is -3.15. The van der Waals surface area contributed by atoms with Crippen LogP contribution in [0.25, 0.3) is 22.7 Å². The van der Waals surface area contributed by atoms with Crippen molar-refractivity contribution in [2.75, 3.05) is 5.73 Å². The largest absolute Gasteiger partial charge is 0.398 e. The fourth-order valence-corrected chi connectivity index (χ4v) is 2.26. The van der Waals surface area contributed by atoms with Crippen LogP contribution in [-0.4, -0.2) is 24.4 Å². The Morgan fingerprint density at radius 1 is 0.905 bits per heavy atom. The van der Waals surface area contributed by atoms with E-state index in [1.807, 2.05) is 57.9 Å². The highest BCUT2D eigenvalue weighted by Crippen LogP contribution is 2.20. The van der Waals surface area contributed by atoms with Crippen LogP contribution in [0.2, 0.25) is 0 Å². The number of nitrogens with zero attached hydrogens (tertiary/aromatic N) is 5. The Morgan fingerprint density at radius 3 is 2.62 bits per heavy atom. The molecule has 2 N–H and O–H groups in total. The van der Waals surface area contributed by atoms with E-state index in [1.54, 1.807) is 12.3 Å². The monoisotopic (exact) mass is 276 g/mol. The molecule has 3 heterocycles. The van der Waals surface area contributed by atoms with Crippen LogP contribution in [0, 0.1) is 0 Å². The molecule has 4 rings (SSSR count). The molecule has 0 saturated carbocycles. The third kappa shape index (κ3) is 1.93. The van der Waals surface area contributed by atoms with E-state index in [0.717, 1.165) is 22.7 Å². The first-order valence-electron chi connectivity index (χ1n) is 6.52. The smallest absolute Gasteiger partial charge is 0.171 e. The van der Waals surface area contributed by atoms with Crippen LogP contribution >= 0.6 is 0 Å². The summed E-state index contributed by atoms with van der Waals surface area (Å²) >= 11 is 0. The highest BCUT2D eigenvalue weighted by Gasteiger charge is 2.10. The molecule has 0 radical (unpaired) electrons. The van der Waals surface area contributed by atoms with Gasteiger partial charge in [0.05, 0.1) is 17.4 Å². The standard InChI is InChI=1S/C15H12N6/c16-12-6-7-14-18-19-15(20(14)10-12)11-8-17-21(9-11)13-4-2-1-3-5-13/h1-10H,16H2. The Balaban J connectivity index is 1.83. The van der Waals surface area contributed by atoms with Gasteiger partial charge in [0, 0.05) is 18.1 Å². The lowest BCUT2D eigenvalue weighted by atomic mass is 10.3. The molecule has 0 fully saturated rings. The average Bonchev–Trinajstić information content (AvgIpc) is 3.14. The van der Waals surface area contributed by atoms with Crippen molar-refractivity contribution >= 4 is 11.3 Å². The van der Waals surface area contributed by atoms with Crippen molar-refractivity contribution in [3.8, 4) is 17.1 Å². The van der Waals surface area contributed by atoms with E-state index >= 15 is 0 Å². The number of nitrogens with two attached hydrogens (primary N) is 1. The van der Waals surface area contributed by atoms with E-state index < -0.39 is 0 Å². The molecule has 21 heavy (non-hydrogen) atoms. The number of aromatic nitrogens is 5. The summed E-state index contributed by atoms with van der Waals surface area (Å²) in [6.07, 6.45) is 5.51. The van der Waals surface area contributed by atoms with Crippen LogP contribution in [0.5, 0.6) is 0 Å². The second-order valence-electron chi connectivity index (χ2n) is 4.72. The van der Waals surface area contributed by atoms with Gasteiger partial charge in [-0.3, -0.25) is 4.40 Å². The summed E-state index contributed by atoms with van der Waals surface area (Å²) < 4.78 is 3.67. The zero-order chi connectivity index (χ0) is 14.2. The summed E-state index contributed by atoms with van der Waals surface area (Å²) in [4.78, 5) is 0. The minimum atomic E-state index is 0.666. The fraction of sp³-hybridized carbons (Fsp3) is 0. The predicted octanol–water partition coefficient (Wildman–Crippen LogP) is 2.16. The zero-order valence-corrected chi connectivity index (χ0v) is 11.1. The molecule has 1 aromatic carbocycles. The molecule has 0 aliphatic carbocycles. The summed E-state index contributed by atoms with van der Waals surface area (Å²) in [6, 6.07) is 13.6. The molecule has 102 valence electrons. The Bertz CT molecular complexity index is 906. The molecule has 6 heteroatoms. The van der Waals surface area contributed by atoms with E-state index in [-0.39, 0.29) is 0 Å². The lowest BCUT2D eigenvalue weighted by Crippen LogP contribution is -1.93. The van der Waals surface area contributed by atoms with Gasteiger partial charge in [-0.2, -0.15) is 5.10 Å². The number of rotatable bonds is 2. The van der Waals surface area contributed by atoms with Crippen LogP contribution in [-0.2, 0) is 0 Å². The van der Waals surface area contributed by atoms with Gasteiger partial charge in [0.25, 0.3) is 0 Å². The third-order valence-electron chi connectivity index (χ3n) is 3.29. The summed E-state index contributed by atoms with van der Waals surface area (Å²) in [5, 5.41) is 12.7. The van der Waals surface area contributed by atoms with Gasteiger partial charge in [-0.15, -0.1) is 10.2 Å². The number of anilines is 1. The van der Waals surface area contributed by atoms with E-state index in [1.165, 1.54) is 0 Å². The number of para-hydroxylation sites is 1. The molecule has 0 amide bonds. The molecule has 0 atom stereocenters. The number of fused-ring (bicyclic) bond motifs is 1. The Kier molecular flexibility index (Phi) is 2.47. The molecule has 0 bridgehead atoms. The molecule has 0 saturated heterocycles. The lowest BCUT2D eigenvalue weighted by Gasteiger charge is -1.99. The number of nitrogen functional groups attached to an aromatic ring is 1. The van der Waals surface area contributed by atoms with Gasteiger partial charge in [0.2, 0.25) is 0 Å². The minimum Gasteiger partial charge on any atom is -0.398 e. The van der Waals surface area contributed by atoms with Crippen molar-refractivity contribution in [3.05, 3.63) is 61.1 Å². The summed E-state index contributed by atoms with van der Waals surface area (Å²) in [7, 11) is 0. The first-order chi connectivity index (χ1) is 10.3. The van der Waals surface area contributed by atoms with Gasteiger partial charge in [-0.05, 0) is 24.3 Å². The maximum Gasteiger partial charge on any atom is 0.171 e. The van der Waals surface area contributed by atoms with Gasteiger partial charge in [0.15, 0.2) is 11.5 Å². The number of pyridine rings is 1. The van der Waals surface area contributed by atoms with Crippen molar-refractivity contribution < 1.29 is 0 Å². The molecular weight excluding hydrogens is 264 g/mol. The van der Waals surface area contributed by atoms with Crippen LogP contribution in [0.1, 0.15) is 0 Å². The quantitative estimate of drug-likeness (QED) is 0.609. The first-order valence-corrected chi connectivity index (χ1v) is 6.52. The van der Waals surface area contributed by atoms with Crippen molar-refractivity contribution in [1.82, 2.24) is 24.4 Å². The third-order valence-corrected chi connectivity index (χ3v) is 3.29. The van der Waals surface area contributed by atoms with Crippen LogP contribution in [0.15, 0.2) is 61.1 Å². The predicted molar refractivity (Wildman–Crippen MR) is 80.0 cm³/mol. The van der Waals surface area contributed by atoms with Gasteiger partial charge in [0.1, 0.15) is 0 Å². The maximum absolute atomic E-state index is 5.83. The fourth-order valence-electron chi connectivity index (χ4n) is 2.26. The molecule has 0 aliphatic rings. The number of hydrogen-bond donors (Lipinski definition) is 1. The Morgan fingerprint density at radius 2 is 1.76 bits per heavy atom. The molecule has 4 aromatic rings. The van der Waals surface area contributed by atoms with Crippen LogP contribution in [0.4, 0.5) is 5.69 Å². The van der Waals surface area contributed by atoms with Crippen molar-refractivity contribution in [2.24, 2.45) is 0 Å². The maximum atomic E-state index is 5.83. The molecule has 0 aliphatic heterocycles. The summed E-state index contributed by atoms with van der Waals surface area (Å²) in [5.74, 6) is 0.722. The number of hydrogen-bond acceptors (Lipinski definition) is 4. The lowest BCUT2D eigenvalue weighted by molar-refractivity contribution is 0.880. The molecule has 6 nitrogen and oxygen atoms in total. The van der Waals surface area contributed by atoms with Crippen molar-refractivity contribution in [3.63, 3.8) is 0 Å². The minimum absolute atomic E-state index is 0.666. The van der Waals surface area contributed by atoms with Gasteiger partial charge in [-0.1, -0.05) is 18.2 Å². The molecule has 3 aromatic heterocycles. The van der Waals surface area contributed by atoms with Gasteiger partial charge in [-0.25, -0.2) is 4.68 Å². The molecule has 0 unspecified atom stereocenters. The van der Waals surface area contributed by atoms with Crippen molar-refractivity contribution in [1.29, 1.82) is 0 Å². The van der Waals surface area contributed by atoms with E-state index in [4.69, 9.17) is 5.73 Å². The second kappa shape index (κ2) is 4.45. The van der Waals surface area contributed by atoms with E-state index in [0.29, 0.717) is 5.69 Å². The number of benzene rings is 1. The average molecular weight is 276 g/mol. The van der Waals surface area contributed by atoms with Crippen LogP contribution in [0.3, 0.4) is 0 Å². The van der Waals surface area contributed by atoms with E-state index in [9.17, 15) is 0 Å². The topological polar surface area (TPSA) is 74.0 Å². The van der Waals surface area contributed by atoms with E-state index in [2.05, 4.69) is 15.3 Å².